The van der Waals surface area contributed by atoms with Crippen LogP contribution < -0.4 is 4.90 Å². The predicted molar refractivity (Wildman–Crippen MR) is 223 cm³/mol. The standard InChI is InChI=1S/C49H32N2OS/c1-4-13-33(14-5-1)35-23-27-38(28-24-35)51(39-29-25-36(26-30-39)34-15-6-2-7-16-34)40-31-43(47-42-19-10-11-22-45(42)53-46(47)32-40)41-20-12-21-44-48(41)52-49(50-44)37-17-8-3-9-18-37/h1-32H/i10D,11D,19D,22D,31D,32D. The smallest absolute Gasteiger partial charge is 0.227 e. The van der Waals surface area contributed by atoms with E-state index >= 15 is 0 Å². The van der Waals surface area contributed by atoms with E-state index in [4.69, 9.17) is 14.9 Å². The van der Waals surface area contributed by atoms with Crippen molar-refractivity contribution in [3.8, 4) is 44.8 Å². The molecule has 0 aliphatic rings. The fourth-order valence-electron chi connectivity index (χ4n) is 6.90. The van der Waals surface area contributed by atoms with E-state index in [9.17, 15) is 2.74 Å². The lowest BCUT2D eigenvalue weighted by atomic mass is 9.97. The second kappa shape index (κ2) is 13.1. The van der Waals surface area contributed by atoms with Crippen LogP contribution in [0.3, 0.4) is 0 Å². The van der Waals surface area contributed by atoms with E-state index in [1.165, 1.54) is 0 Å². The number of aromatic nitrogens is 1. The molecule has 0 aliphatic carbocycles. The number of anilines is 3. The molecule has 0 aliphatic heterocycles. The van der Waals surface area contributed by atoms with Crippen LogP contribution in [0.5, 0.6) is 0 Å². The Balaban J connectivity index is 1.29. The highest BCUT2D eigenvalue weighted by Gasteiger charge is 2.21. The highest BCUT2D eigenvalue weighted by Crippen LogP contribution is 2.47. The van der Waals surface area contributed by atoms with E-state index in [1.807, 2.05) is 138 Å². The first-order chi connectivity index (χ1) is 28.8. The van der Waals surface area contributed by atoms with Crippen LogP contribution in [0.15, 0.2) is 198 Å². The zero-order valence-electron chi connectivity index (χ0n) is 34.2. The maximum Gasteiger partial charge on any atom is 0.227 e. The molecule has 0 saturated heterocycles. The third kappa shape index (κ3) is 5.66. The molecule has 0 atom stereocenters. The van der Waals surface area contributed by atoms with Crippen LogP contribution in [-0.4, -0.2) is 4.98 Å². The summed E-state index contributed by atoms with van der Waals surface area (Å²) < 4.78 is 62.8. The third-order valence-corrected chi connectivity index (χ3v) is 10.5. The Labute approximate surface area is 320 Å². The highest BCUT2D eigenvalue weighted by atomic mass is 32.1. The molecule has 2 aromatic heterocycles. The Morgan fingerprint density at radius 3 is 1.68 bits per heavy atom. The van der Waals surface area contributed by atoms with Gasteiger partial charge in [0.25, 0.3) is 0 Å². The molecule has 0 bridgehead atoms. The number of oxazole rings is 1. The lowest BCUT2D eigenvalue weighted by Crippen LogP contribution is -2.10. The van der Waals surface area contributed by atoms with Gasteiger partial charge in [-0.15, -0.1) is 11.3 Å². The van der Waals surface area contributed by atoms with Gasteiger partial charge in [0.15, 0.2) is 5.58 Å². The molecule has 0 saturated carbocycles. The fraction of sp³-hybridized carbons (Fsp3) is 0. The average molecular weight is 703 g/mol. The molecule has 0 radical (unpaired) electrons. The van der Waals surface area contributed by atoms with Crippen molar-refractivity contribution in [3.63, 3.8) is 0 Å². The topological polar surface area (TPSA) is 29.3 Å². The quantitative estimate of drug-likeness (QED) is 0.166. The average Bonchev–Trinajstić information content (AvgIpc) is 3.91. The van der Waals surface area contributed by atoms with Gasteiger partial charge < -0.3 is 9.32 Å². The van der Waals surface area contributed by atoms with Crippen molar-refractivity contribution in [2.75, 3.05) is 4.90 Å². The fourth-order valence-corrected chi connectivity index (χ4v) is 7.92. The Hall–Kier alpha value is -6.75. The summed E-state index contributed by atoms with van der Waals surface area (Å²) in [6, 6.07) is 50.3. The van der Waals surface area contributed by atoms with Crippen LogP contribution in [-0.2, 0) is 0 Å². The molecular weight excluding hydrogens is 665 g/mol. The molecule has 10 rings (SSSR count). The largest absolute Gasteiger partial charge is 0.435 e. The van der Waals surface area contributed by atoms with Crippen LogP contribution >= 0.6 is 11.3 Å². The van der Waals surface area contributed by atoms with E-state index < -0.39 is 0 Å². The Kier molecular flexibility index (Phi) is 6.24. The van der Waals surface area contributed by atoms with Gasteiger partial charge in [-0.2, -0.15) is 0 Å². The molecule has 0 amide bonds. The van der Waals surface area contributed by atoms with Crippen molar-refractivity contribution in [1.29, 1.82) is 0 Å². The lowest BCUT2D eigenvalue weighted by molar-refractivity contribution is 0.621. The number of thiophene rings is 1. The van der Waals surface area contributed by atoms with E-state index in [0.29, 0.717) is 42.9 Å². The van der Waals surface area contributed by atoms with Crippen molar-refractivity contribution in [2.45, 2.75) is 0 Å². The molecule has 8 aromatic carbocycles. The van der Waals surface area contributed by atoms with Gasteiger partial charge >= 0.3 is 0 Å². The molecule has 2 heterocycles. The number of para-hydroxylation sites is 1. The van der Waals surface area contributed by atoms with Crippen LogP contribution in [0.4, 0.5) is 17.1 Å². The van der Waals surface area contributed by atoms with Crippen molar-refractivity contribution in [3.05, 3.63) is 194 Å². The monoisotopic (exact) mass is 702 g/mol. The van der Waals surface area contributed by atoms with Crippen LogP contribution in [0.1, 0.15) is 8.22 Å². The molecule has 0 fully saturated rings. The van der Waals surface area contributed by atoms with Gasteiger partial charge in [-0.1, -0.05) is 133 Å². The number of fused-ring (bicyclic) bond motifs is 4. The molecule has 0 spiro atoms. The van der Waals surface area contributed by atoms with E-state index in [1.54, 1.807) is 0 Å². The summed E-state index contributed by atoms with van der Waals surface area (Å²) in [6.45, 7) is 0. The minimum Gasteiger partial charge on any atom is -0.435 e. The Morgan fingerprint density at radius 1 is 0.491 bits per heavy atom. The number of nitrogens with zero attached hydrogens (tertiary/aromatic N) is 2. The van der Waals surface area contributed by atoms with Gasteiger partial charge in [0.1, 0.15) is 5.52 Å². The first-order valence-electron chi connectivity index (χ1n) is 20.3. The van der Waals surface area contributed by atoms with E-state index in [2.05, 4.69) is 24.3 Å². The van der Waals surface area contributed by atoms with Gasteiger partial charge in [-0.05, 0) is 88.4 Å². The van der Waals surface area contributed by atoms with Crippen LogP contribution in [0, 0.1) is 0 Å². The normalized spacial score (nSPS) is 13.0. The molecule has 4 heteroatoms. The highest BCUT2D eigenvalue weighted by molar-refractivity contribution is 7.26. The Bertz CT molecular complexity index is 3120. The minimum atomic E-state index is -0.377. The lowest BCUT2D eigenvalue weighted by Gasteiger charge is -2.27. The summed E-state index contributed by atoms with van der Waals surface area (Å²) in [6.07, 6.45) is 0. The summed E-state index contributed by atoms with van der Waals surface area (Å²) in [5, 5.41) is 0.671. The van der Waals surface area contributed by atoms with Gasteiger partial charge in [0.05, 0.1) is 8.22 Å². The molecule has 10 aromatic rings. The molecular formula is C49H32N2OS. The summed E-state index contributed by atoms with van der Waals surface area (Å²) in [5.74, 6) is 0.406. The Morgan fingerprint density at radius 2 is 1.06 bits per heavy atom. The molecule has 0 N–H and O–H groups in total. The molecule has 250 valence electrons. The second-order valence-electron chi connectivity index (χ2n) is 12.7. The minimum absolute atomic E-state index is 0.000885. The summed E-state index contributed by atoms with van der Waals surface area (Å²) >= 11 is 1.14. The summed E-state index contributed by atoms with van der Waals surface area (Å²) in [5.41, 5.74) is 8.57. The number of hydrogen-bond donors (Lipinski definition) is 0. The van der Waals surface area contributed by atoms with Gasteiger partial charge in [0, 0.05) is 48.4 Å². The van der Waals surface area contributed by atoms with Gasteiger partial charge in [0.2, 0.25) is 5.89 Å². The zero-order chi connectivity index (χ0) is 40.4. The maximum atomic E-state index is 10.3. The van der Waals surface area contributed by atoms with Gasteiger partial charge in [-0.25, -0.2) is 4.98 Å². The number of hydrogen-bond acceptors (Lipinski definition) is 4. The van der Waals surface area contributed by atoms with E-state index in [0.717, 1.165) is 50.5 Å². The maximum absolute atomic E-state index is 10.3. The van der Waals surface area contributed by atoms with Crippen LogP contribution in [0.25, 0.3) is 76.1 Å². The molecule has 0 unspecified atom stereocenters. The third-order valence-electron chi connectivity index (χ3n) is 9.45. The summed E-state index contributed by atoms with van der Waals surface area (Å²) in [4.78, 5) is 6.75. The van der Waals surface area contributed by atoms with Crippen molar-refractivity contribution in [2.24, 2.45) is 0 Å². The van der Waals surface area contributed by atoms with Crippen molar-refractivity contribution < 1.29 is 12.6 Å². The van der Waals surface area contributed by atoms with E-state index in [-0.39, 0.29) is 47.3 Å². The SMILES string of the molecule is [2H]c1c([2H])c([2H])c2c(sc3c([2H])c(N(c4ccc(-c5ccccc5)cc4)c4ccc(-c5ccccc5)cc4)c([2H])c(-c4cccc5nc(-c6ccccc6)oc45)c32)c1[2H]. The molecule has 53 heavy (non-hydrogen) atoms. The van der Waals surface area contributed by atoms with Gasteiger partial charge in [-0.3, -0.25) is 0 Å². The molecule has 3 nitrogen and oxygen atoms in total. The van der Waals surface area contributed by atoms with Crippen molar-refractivity contribution in [1.82, 2.24) is 4.98 Å². The first kappa shape index (κ1) is 25.2. The summed E-state index contributed by atoms with van der Waals surface area (Å²) in [7, 11) is 0. The van der Waals surface area contributed by atoms with Crippen molar-refractivity contribution >= 4 is 59.7 Å². The predicted octanol–water partition coefficient (Wildman–Crippen LogP) is 14.3. The number of benzene rings is 8. The zero-order valence-corrected chi connectivity index (χ0v) is 29.0. The van der Waals surface area contributed by atoms with Crippen LogP contribution in [0.2, 0.25) is 0 Å². The second-order valence-corrected chi connectivity index (χ2v) is 13.7. The first-order valence-corrected chi connectivity index (χ1v) is 18.1. The number of rotatable bonds is 7.